The van der Waals surface area contributed by atoms with E-state index in [-0.39, 0.29) is 0 Å². The molecule has 0 unspecified atom stereocenters. The third-order valence-electron chi connectivity index (χ3n) is 4.20. The molecule has 0 bridgehead atoms. The Morgan fingerprint density at radius 3 is 2.73 bits per heavy atom. The van der Waals surface area contributed by atoms with Crippen LogP contribution in [0.4, 0.5) is 0 Å². The molecule has 22 heavy (non-hydrogen) atoms. The van der Waals surface area contributed by atoms with Crippen molar-refractivity contribution in [3.63, 3.8) is 0 Å². The van der Waals surface area contributed by atoms with Crippen molar-refractivity contribution in [2.75, 3.05) is 26.8 Å². The van der Waals surface area contributed by atoms with Crippen LogP contribution in [-0.2, 0) is 11.3 Å². The Balaban J connectivity index is 1.75. The van der Waals surface area contributed by atoms with Gasteiger partial charge in [-0.2, -0.15) is 0 Å². The van der Waals surface area contributed by atoms with E-state index in [9.17, 15) is 0 Å². The number of nitrogens with one attached hydrogen (secondary N) is 2. The summed E-state index contributed by atoms with van der Waals surface area (Å²) in [4.78, 5) is 4.28. The van der Waals surface area contributed by atoms with Gasteiger partial charge in [0.15, 0.2) is 5.96 Å². The average Bonchev–Trinajstić information content (AvgIpc) is 3.29. The molecule has 1 aromatic carbocycles. The Kier molecular flexibility index (Phi) is 6.52. The lowest BCUT2D eigenvalue weighted by Crippen LogP contribution is -2.40. The molecule has 0 atom stereocenters. The summed E-state index contributed by atoms with van der Waals surface area (Å²) in [5.74, 6) is 0.822. The van der Waals surface area contributed by atoms with E-state index in [0.29, 0.717) is 12.0 Å². The van der Waals surface area contributed by atoms with E-state index in [0.717, 1.165) is 42.7 Å². The highest BCUT2D eigenvalue weighted by atomic mass is 35.5. The Labute approximate surface area is 138 Å². The first kappa shape index (κ1) is 17.1. The van der Waals surface area contributed by atoms with Crippen molar-refractivity contribution in [1.29, 1.82) is 0 Å². The molecule has 2 rings (SSSR count). The van der Waals surface area contributed by atoms with Crippen LogP contribution in [0.3, 0.4) is 0 Å². The molecule has 0 amide bonds. The van der Waals surface area contributed by atoms with E-state index in [1.165, 1.54) is 12.8 Å². The fourth-order valence-electron chi connectivity index (χ4n) is 2.44. The van der Waals surface area contributed by atoms with Gasteiger partial charge in [0, 0.05) is 38.4 Å². The Bertz CT molecular complexity index is 500. The summed E-state index contributed by atoms with van der Waals surface area (Å²) in [7, 11) is 1.79. The van der Waals surface area contributed by atoms with Crippen LogP contribution < -0.4 is 10.6 Å². The standard InChI is InChI=1S/C17H26ClN3O/c1-3-22-11-10-17(8-9-17)13-21-16(19-2)20-12-14-6-4-5-7-15(14)18/h4-7H,3,8-13H2,1-2H3,(H2,19,20,21). The molecule has 0 radical (unpaired) electrons. The van der Waals surface area contributed by atoms with Crippen LogP contribution in [-0.4, -0.2) is 32.8 Å². The molecule has 1 aromatic rings. The second-order valence-electron chi connectivity index (χ2n) is 5.82. The van der Waals surface area contributed by atoms with Crippen LogP contribution in [0.2, 0.25) is 5.02 Å². The molecule has 122 valence electrons. The minimum atomic E-state index is 0.400. The molecule has 4 nitrogen and oxygen atoms in total. The van der Waals surface area contributed by atoms with Crippen LogP contribution in [0.25, 0.3) is 0 Å². The highest BCUT2D eigenvalue weighted by Gasteiger charge is 2.41. The van der Waals surface area contributed by atoms with Gasteiger partial charge in [0.25, 0.3) is 0 Å². The zero-order valence-electron chi connectivity index (χ0n) is 13.5. The van der Waals surface area contributed by atoms with E-state index in [1.54, 1.807) is 7.05 Å². The second kappa shape index (κ2) is 8.39. The minimum absolute atomic E-state index is 0.400. The maximum atomic E-state index is 6.17. The summed E-state index contributed by atoms with van der Waals surface area (Å²) >= 11 is 6.17. The number of benzene rings is 1. The summed E-state index contributed by atoms with van der Waals surface area (Å²) in [6, 6.07) is 7.86. The number of ether oxygens (including phenoxy) is 1. The molecule has 0 spiro atoms. The van der Waals surface area contributed by atoms with E-state index in [1.807, 2.05) is 31.2 Å². The quantitative estimate of drug-likeness (QED) is 0.439. The number of hydrogen-bond acceptors (Lipinski definition) is 2. The molecule has 1 fully saturated rings. The van der Waals surface area contributed by atoms with Gasteiger partial charge in [0.2, 0.25) is 0 Å². The van der Waals surface area contributed by atoms with Crippen LogP contribution in [0.5, 0.6) is 0 Å². The molecule has 0 heterocycles. The van der Waals surface area contributed by atoms with Gasteiger partial charge in [-0.1, -0.05) is 29.8 Å². The lowest BCUT2D eigenvalue weighted by Gasteiger charge is -2.18. The molecule has 1 aliphatic carbocycles. The topological polar surface area (TPSA) is 45.6 Å². The van der Waals surface area contributed by atoms with Gasteiger partial charge in [0.05, 0.1) is 0 Å². The zero-order valence-corrected chi connectivity index (χ0v) is 14.2. The highest BCUT2D eigenvalue weighted by molar-refractivity contribution is 6.31. The predicted molar refractivity (Wildman–Crippen MR) is 92.4 cm³/mol. The second-order valence-corrected chi connectivity index (χ2v) is 6.22. The molecule has 0 aliphatic heterocycles. The number of halogens is 1. The maximum Gasteiger partial charge on any atom is 0.191 e. The monoisotopic (exact) mass is 323 g/mol. The Hall–Kier alpha value is -1.26. The lowest BCUT2D eigenvalue weighted by atomic mass is 10.0. The smallest absolute Gasteiger partial charge is 0.191 e. The van der Waals surface area contributed by atoms with Gasteiger partial charge in [-0.15, -0.1) is 0 Å². The number of aliphatic imine (C=N–C) groups is 1. The number of nitrogens with zero attached hydrogens (tertiary/aromatic N) is 1. The van der Waals surface area contributed by atoms with Crippen molar-refractivity contribution in [3.8, 4) is 0 Å². The third-order valence-corrected chi connectivity index (χ3v) is 4.57. The zero-order chi connectivity index (χ0) is 15.8. The van der Waals surface area contributed by atoms with E-state index < -0.39 is 0 Å². The molecular weight excluding hydrogens is 298 g/mol. The van der Waals surface area contributed by atoms with Crippen molar-refractivity contribution in [3.05, 3.63) is 34.9 Å². The normalized spacial score (nSPS) is 16.4. The SMILES string of the molecule is CCOCCC1(CNC(=NC)NCc2ccccc2Cl)CC1. The van der Waals surface area contributed by atoms with Crippen molar-refractivity contribution in [1.82, 2.24) is 10.6 Å². The van der Waals surface area contributed by atoms with Crippen molar-refractivity contribution in [2.24, 2.45) is 10.4 Å². The molecule has 5 heteroatoms. The first-order valence-electron chi connectivity index (χ1n) is 7.95. The first-order valence-corrected chi connectivity index (χ1v) is 8.32. The number of hydrogen-bond donors (Lipinski definition) is 2. The summed E-state index contributed by atoms with van der Waals surface area (Å²) in [6.07, 6.45) is 3.67. The van der Waals surface area contributed by atoms with Crippen molar-refractivity contribution in [2.45, 2.75) is 32.7 Å². The molecular formula is C17H26ClN3O. The van der Waals surface area contributed by atoms with Gasteiger partial charge in [-0.3, -0.25) is 4.99 Å². The van der Waals surface area contributed by atoms with Crippen LogP contribution in [0.1, 0.15) is 31.7 Å². The fourth-order valence-corrected chi connectivity index (χ4v) is 2.64. The molecule has 1 aliphatic rings. The summed E-state index contributed by atoms with van der Waals surface area (Å²) in [6.45, 7) is 5.31. The van der Waals surface area contributed by atoms with Gasteiger partial charge >= 0.3 is 0 Å². The lowest BCUT2D eigenvalue weighted by molar-refractivity contribution is 0.128. The maximum absolute atomic E-state index is 6.17. The predicted octanol–water partition coefficient (Wildman–Crippen LogP) is 3.21. The van der Waals surface area contributed by atoms with Crippen LogP contribution in [0.15, 0.2) is 29.3 Å². The summed E-state index contributed by atoms with van der Waals surface area (Å²) in [5, 5.41) is 7.52. The third kappa shape index (κ3) is 5.18. The Morgan fingerprint density at radius 2 is 2.09 bits per heavy atom. The molecule has 1 saturated carbocycles. The van der Waals surface area contributed by atoms with E-state index >= 15 is 0 Å². The Morgan fingerprint density at radius 1 is 1.32 bits per heavy atom. The van der Waals surface area contributed by atoms with E-state index in [4.69, 9.17) is 16.3 Å². The van der Waals surface area contributed by atoms with Gasteiger partial charge in [-0.05, 0) is 43.2 Å². The van der Waals surface area contributed by atoms with Crippen molar-refractivity contribution >= 4 is 17.6 Å². The summed E-state index contributed by atoms with van der Waals surface area (Å²) in [5.41, 5.74) is 1.47. The highest BCUT2D eigenvalue weighted by Crippen LogP contribution is 2.48. The number of guanidine groups is 1. The van der Waals surface area contributed by atoms with Gasteiger partial charge in [-0.25, -0.2) is 0 Å². The number of rotatable bonds is 8. The van der Waals surface area contributed by atoms with Gasteiger partial charge in [0.1, 0.15) is 0 Å². The van der Waals surface area contributed by atoms with E-state index in [2.05, 4.69) is 15.6 Å². The largest absolute Gasteiger partial charge is 0.382 e. The summed E-state index contributed by atoms with van der Waals surface area (Å²) < 4.78 is 5.47. The van der Waals surface area contributed by atoms with Crippen LogP contribution in [0, 0.1) is 5.41 Å². The average molecular weight is 324 g/mol. The van der Waals surface area contributed by atoms with Gasteiger partial charge < -0.3 is 15.4 Å². The van der Waals surface area contributed by atoms with Crippen LogP contribution >= 0.6 is 11.6 Å². The first-order chi connectivity index (χ1) is 10.7. The molecule has 0 saturated heterocycles. The molecule has 0 aromatic heterocycles. The molecule has 2 N–H and O–H groups in total. The minimum Gasteiger partial charge on any atom is -0.382 e. The fraction of sp³-hybridized carbons (Fsp3) is 0.588. The van der Waals surface area contributed by atoms with Crippen molar-refractivity contribution < 1.29 is 4.74 Å².